The third kappa shape index (κ3) is 2.72. The van der Waals surface area contributed by atoms with Gasteiger partial charge < -0.3 is 0 Å². The smallest absolute Gasteiger partial charge is 0.253 e. The molecule has 2 aromatic heterocycles. The topological polar surface area (TPSA) is 72.0 Å². The molecule has 3 aromatic rings. The summed E-state index contributed by atoms with van der Waals surface area (Å²) in [7, 11) is -3.56. The number of nitrogens with zero attached hydrogens (tertiary/aromatic N) is 2. The van der Waals surface area contributed by atoms with Crippen molar-refractivity contribution >= 4 is 38.0 Å². The van der Waals surface area contributed by atoms with Crippen LogP contribution < -0.4 is 4.72 Å². The molecule has 102 valence electrons. The standard InChI is InChI=1S/C12H9N3O2S3/c16-20(17,10-7-4-8-18-10)15-12-13-11(14-19-12)9-5-2-1-3-6-9/h1-8H,(H,13,14,15). The molecule has 8 heteroatoms. The summed E-state index contributed by atoms with van der Waals surface area (Å²) in [5, 5.41) is 1.97. The second kappa shape index (κ2) is 5.31. The lowest BCUT2D eigenvalue weighted by Gasteiger charge is -2.00. The van der Waals surface area contributed by atoms with Gasteiger partial charge in [-0.25, -0.2) is 8.42 Å². The lowest BCUT2D eigenvalue weighted by atomic mass is 10.2. The van der Waals surface area contributed by atoms with Crippen LogP contribution in [-0.2, 0) is 10.0 Å². The zero-order valence-corrected chi connectivity index (χ0v) is 12.5. The Morgan fingerprint density at radius 2 is 1.85 bits per heavy atom. The van der Waals surface area contributed by atoms with Gasteiger partial charge in [0.1, 0.15) is 4.21 Å². The first-order valence-electron chi connectivity index (χ1n) is 5.60. The molecule has 0 unspecified atom stereocenters. The number of hydrogen-bond acceptors (Lipinski definition) is 6. The molecule has 0 amide bonds. The van der Waals surface area contributed by atoms with E-state index < -0.39 is 10.0 Å². The van der Waals surface area contributed by atoms with Gasteiger partial charge in [0.2, 0.25) is 5.13 Å². The van der Waals surface area contributed by atoms with E-state index in [9.17, 15) is 8.42 Å². The molecule has 3 rings (SSSR count). The minimum Gasteiger partial charge on any atom is -0.253 e. The van der Waals surface area contributed by atoms with Crippen molar-refractivity contribution in [1.29, 1.82) is 0 Å². The molecular weight excluding hydrogens is 314 g/mol. The molecule has 0 bridgehead atoms. The number of thiophene rings is 1. The summed E-state index contributed by atoms with van der Waals surface area (Å²) >= 11 is 2.18. The van der Waals surface area contributed by atoms with Gasteiger partial charge in [0.15, 0.2) is 5.82 Å². The first-order chi connectivity index (χ1) is 9.65. The second-order valence-electron chi connectivity index (χ2n) is 3.83. The first kappa shape index (κ1) is 13.2. The highest BCUT2D eigenvalue weighted by atomic mass is 32.2. The van der Waals surface area contributed by atoms with E-state index in [0.29, 0.717) is 5.82 Å². The Bertz CT molecular complexity index is 796. The Morgan fingerprint density at radius 3 is 2.55 bits per heavy atom. The van der Waals surface area contributed by atoms with Crippen LogP contribution in [0.15, 0.2) is 52.1 Å². The summed E-state index contributed by atoms with van der Waals surface area (Å²) in [5.74, 6) is 0.513. The molecule has 0 radical (unpaired) electrons. The normalized spacial score (nSPS) is 11.4. The molecule has 0 saturated heterocycles. The van der Waals surface area contributed by atoms with E-state index in [2.05, 4.69) is 14.1 Å². The number of anilines is 1. The molecule has 1 aromatic carbocycles. The largest absolute Gasteiger partial charge is 0.273 e. The Kier molecular flexibility index (Phi) is 3.51. The number of sulfonamides is 1. The Labute approximate surface area is 124 Å². The number of nitrogens with one attached hydrogen (secondary N) is 1. The van der Waals surface area contributed by atoms with E-state index >= 15 is 0 Å². The molecular formula is C12H9N3O2S3. The molecule has 0 aliphatic carbocycles. The van der Waals surface area contributed by atoms with E-state index in [-0.39, 0.29) is 9.34 Å². The van der Waals surface area contributed by atoms with Gasteiger partial charge in [0.05, 0.1) is 0 Å². The van der Waals surface area contributed by atoms with Crippen LogP contribution in [0.2, 0.25) is 0 Å². The molecule has 5 nitrogen and oxygen atoms in total. The molecule has 0 atom stereocenters. The van der Waals surface area contributed by atoms with Crippen molar-refractivity contribution in [3.8, 4) is 11.4 Å². The Balaban J connectivity index is 1.85. The summed E-state index contributed by atoms with van der Waals surface area (Å²) in [6.07, 6.45) is 0. The fourth-order valence-corrected chi connectivity index (χ4v) is 4.36. The molecule has 0 spiro atoms. The van der Waals surface area contributed by atoms with Crippen LogP contribution in [0.3, 0.4) is 0 Å². The molecule has 2 heterocycles. The maximum atomic E-state index is 12.0. The van der Waals surface area contributed by atoms with Crippen LogP contribution in [0, 0.1) is 0 Å². The van der Waals surface area contributed by atoms with Crippen molar-refractivity contribution < 1.29 is 8.42 Å². The van der Waals surface area contributed by atoms with Gasteiger partial charge in [-0.05, 0) is 11.4 Å². The van der Waals surface area contributed by atoms with Crippen LogP contribution >= 0.6 is 22.9 Å². The monoisotopic (exact) mass is 323 g/mol. The number of rotatable bonds is 4. The Hall–Kier alpha value is -1.77. The van der Waals surface area contributed by atoms with E-state index in [1.165, 1.54) is 0 Å². The summed E-state index contributed by atoms with van der Waals surface area (Å²) in [4.78, 5) is 4.20. The van der Waals surface area contributed by atoms with Crippen molar-refractivity contribution in [2.75, 3.05) is 4.72 Å². The van der Waals surface area contributed by atoms with Gasteiger partial charge in [-0.15, -0.1) is 11.3 Å². The molecule has 1 N–H and O–H groups in total. The van der Waals surface area contributed by atoms with Gasteiger partial charge in [-0.3, -0.25) is 4.72 Å². The predicted molar refractivity (Wildman–Crippen MR) is 80.5 cm³/mol. The summed E-state index contributed by atoms with van der Waals surface area (Å²) in [6.45, 7) is 0. The SMILES string of the molecule is O=S(=O)(Nc1nc(-c2ccccc2)ns1)c1cccs1. The zero-order chi connectivity index (χ0) is 14.0. The maximum absolute atomic E-state index is 12.0. The van der Waals surface area contributed by atoms with Crippen LogP contribution in [0.4, 0.5) is 5.13 Å². The fraction of sp³-hybridized carbons (Fsp3) is 0. The molecule has 0 aliphatic heterocycles. The van der Waals surface area contributed by atoms with Crippen LogP contribution in [0.5, 0.6) is 0 Å². The van der Waals surface area contributed by atoms with Gasteiger partial charge in [0.25, 0.3) is 10.0 Å². The number of hydrogen-bond donors (Lipinski definition) is 1. The van der Waals surface area contributed by atoms with E-state index in [1.807, 2.05) is 30.3 Å². The highest BCUT2D eigenvalue weighted by molar-refractivity contribution is 7.94. The first-order valence-corrected chi connectivity index (χ1v) is 8.74. The minimum absolute atomic E-state index is 0.258. The van der Waals surface area contributed by atoms with Gasteiger partial charge in [-0.1, -0.05) is 36.4 Å². The molecule has 20 heavy (non-hydrogen) atoms. The quantitative estimate of drug-likeness (QED) is 0.801. The predicted octanol–water partition coefficient (Wildman–Crippen LogP) is 3.07. The van der Waals surface area contributed by atoms with Gasteiger partial charge in [-0.2, -0.15) is 9.36 Å². The number of benzene rings is 1. The maximum Gasteiger partial charge on any atom is 0.273 e. The highest BCUT2D eigenvalue weighted by Crippen LogP contribution is 2.24. The van der Waals surface area contributed by atoms with Crippen molar-refractivity contribution in [2.24, 2.45) is 0 Å². The van der Waals surface area contributed by atoms with Crippen molar-refractivity contribution in [3.05, 3.63) is 47.8 Å². The molecule has 0 saturated carbocycles. The van der Waals surface area contributed by atoms with E-state index in [0.717, 1.165) is 28.4 Å². The average Bonchev–Trinajstić information content (AvgIpc) is 3.10. The summed E-state index contributed by atoms with van der Waals surface area (Å²) < 4.78 is 30.9. The Morgan fingerprint density at radius 1 is 1.05 bits per heavy atom. The van der Waals surface area contributed by atoms with Crippen LogP contribution in [0.25, 0.3) is 11.4 Å². The third-order valence-corrected chi connectivity index (χ3v) is 5.94. The van der Waals surface area contributed by atoms with E-state index in [4.69, 9.17) is 0 Å². The lowest BCUT2D eigenvalue weighted by molar-refractivity contribution is 0.603. The van der Waals surface area contributed by atoms with E-state index in [1.54, 1.807) is 17.5 Å². The second-order valence-corrected chi connectivity index (χ2v) is 7.44. The highest BCUT2D eigenvalue weighted by Gasteiger charge is 2.17. The number of aromatic nitrogens is 2. The summed E-state index contributed by atoms with van der Waals surface area (Å²) in [5.41, 5.74) is 0.852. The van der Waals surface area contributed by atoms with Crippen LogP contribution in [0.1, 0.15) is 0 Å². The average molecular weight is 323 g/mol. The minimum atomic E-state index is -3.56. The molecule has 0 aliphatic rings. The van der Waals surface area contributed by atoms with Crippen molar-refractivity contribution in [2.45, 2.75) is 4.21 Å². The van der Waals surface area contributed by atoms with Crippen LogP contribution in [-0.4, -0.2) is 17.8 Å². The van der Waals surface area contributed by atoms with Gasteiger partial charge >= 0.3 is 0 Å². The zero-order valence-electron chi connectivity index (χ0n) is 10.1. The lowest BCUT2D eigenvalue weighted by Crippen LogP contribution is -2.11. The molecule has 0 fully saturated rings. The third-order valence-electron chi connectivity index (χ3n) is 2.44. The fourth-order valence-electron chi connectivity index (χ4n) is 1.55. The summed E-state index contributed by atoms with van der Waals surface area (Å²) in [6, 6.07) is 12.6. The van der Waals surface area contributed by atoms with Crippen molar-refractivity contribution in [3.63, 3.8) is 0 Å². The van der Waals surface area contributed by atoms with Crippen molar-refractivity contribution in [1.82, 2.24) is 9.36 Å². The van der Waals surface area contributed by atoms with Gasteiger partial charge in [0, 0.05) is 17.1 Å².